The van der Waals surface area contributed by atoms with Gasteiger partial charge in [0.1, 0.15) is 5.60 Å². The molecule has 0 radical (unpaired) electrons. The van der Waals surface area contributed by atoms with Crippen LogP contribution in [0, 0.1) is 0 Å². The van der Waals surface area contributed by atoms with Crippen LogP contribution >= 0.6 is 24.8 Å². The molecule has 2 saturated heterocycles. The van der Waals surface area contributed by atoms with E-state index in [1.54, 1.807) is 7.11 Å². The first-order valence-corrected chi connectivity index (χ1v) is 9.05. The first-order valence-electron chi connectivity index (χ1n) is 9.05. The molecule has 3 rings (SSSR count). The van der Waals surface area contributed by atoms with E-state index in [0.717, 1.165) is 58.4 Å². The lowest BCUT2D eigenvalue weighted by atomic mass is 9.90. The van der Waals surface area contributed by atoms with Gasteiger partial charge in [-0.05, 0) is 50.9 Å². The van der Waals surface area contributed by atoms with Crippen LogP contribution in [0.1, 0.15) is 31.2 Å². The number of likely N-dealkylation sites (tertiary alicyclic amines) is 1. The first kappa shape index (κ1) is 23.2. The van der Waals surface area contributed by atoms with Crippen LogP contribution in [-0.4, -0.2) is 55.7 Å². The molecule has 1 aromatic rings. The number of nitrogens with zero attached hydrogens (tertiary/aromatic N) is 1. The molecule has 7 heteroatoms. The van der Waals surface area contributed by atoms with Crippen molar-refractivity contribution in [3.8, 4) is 0 Å². The number of hydrogen-bond donors (Lipinski definition) is 2. The van der Waals surface area contributed by atoms with Gasteiger partial charge < -0.3 is 15.4 Å². The van der Waals surface area contributed by atoms with E-state index in [1.807, 2.05) is 6.07 Å². The molecule has 1 aromatic carbocycles. The van der Waals surface area contributed by atoms with Gasteiger partial charge in [-0.1, -0.05) is 30.3 Å². The smallest absolute Gasteiger partial charge is 0.252 e. The van der Waals surface area contributed by atoms with E-state index in [-0.39, 0.29) is 36.8 Å². The lowest BCUT2D eigenvalue weighted by molar-refractivity contribution is -0.147. The quantitative estimate of drug-likeness (QED) is 0.792. The predicted octanol–water partition coefficient (Wildman–Crippen LogP) is 2.38. The summed E-state index contributed by atoms with van der Waals surface area (Å²) < 4.78 is 5.64. The molecule has 2 fully saturated rings. The standard InChI is InChI=1S/C19H29N3O2.2ClH/c1-24-19(9-11-20-12-10-19)18(23)21-17-8-5-13-22(15-17)14-16-6-3-2-4-7-16;;/h2-4,6-7,17,20H,5,8-15H2,1H3,(H,21,23);2*1H. The lowest BCUT2D eigenvalue weighted by Crippen LogP contribution is -2.58. The summed E-state index contributed by atoms with van der Waals surface area (Å²) in [5, 5.41) is 6.56. The fourth-order valence-electron chi connectivity index (χ4n) is 3.83. The Morgan fingerprint density at radius 2 is 1.96 bits per heavy atom. The van der Waals surface area contributed by atoms with Crippen molar-refractivity contribution < 1.29 is 9.53 Å². The van der Waals surface area contributed by atoms with Crippen molar-refractivity contribution in [3.63, 3.8) is 0 Å². The molecule has 26 heavy (non-hydrogen) atoms. The van der Waals surface area contributed by atoms with Gasteiger partial charge in [-0.2, -0.15) is 0 Å². The van der Waals surface area contributed by atoms with E-state index < -0.39 is 5.60 Å². The van der Waals surface area contributed by atoms with E-state index in [0.29, 0.717) is 0 Å². The fourth-order valence-corrected chi connectivity index (χ4v) is 3.83. The van der Waals surface area contributed by atoms with Crippen molar-refractivity contribution in [1.82, 2.24) is 15.5 Å². The highest BCUT2D eigenvalue weighted by Gasteiger charge is 2.40. The minimum Gasteiger partial charge on any atom is -0.368 e. The summed E-state index contributed by atoms with van der Waals surface area (Å²) in [6.45, 7) is 4.64. The van der Waals surface area contributed by atoms with Crippen molar-refractivity contribution in [1.29, 1.82) is 0 Å². The summed E-state index contributed by atoms with van der Waals surface area (Å²) >= 11 is 0. The average molecular weight is 404 g/mol. The second-order valence-corrected chi connectivity index (χ2v) is 6.98. The zero-order chi connectivity index (χ0) is 16.8. The van der Waals surface area contributed by atoms with Gasteiger partial charge in [0.25, 0.3) is 5.91 Å². The number of amides is 1. The Labute approximate surface area is 169 Å². The molecule has 2 aliphatic rings. The Balaban J connectivity index is 0.00000169. The number of hydrogen-bond acceptors (Lipinski definition) is 4. The maximum atomic E-state index is 12.8. The van der Waals surface area contributed by atoms with Gasteiger partial charge in [0.05, 0.1) is 0 Å². The molecule has 5 nitrogen and oxygen atoms in total. The number of carbonyl (C=O) groups is 1. The Kier molecular flexibility index (Phi) is 9.90. The van der Waals surface area contributed by atoms with Crippen LogP contribution in [0.15, 0.2) is 30.3 Å². The van der Waals surface area contributed by atoms with E-state index in [4.69, 9.17) is 4.74 Å². The van der Waals surface area contributed by atoms with Gasteiger partial charge in [-0.25, -0.2) is 0 Å². The molecule has 0 spiro atoms. The second-order valence-electron chi connectivity index (χ2n) is 6.98. The van der Waals surface area contributed by atoms with E-state index >= 15 is 0 Å². The van der Waals surface area contributed by atoms with Crippen LogP contribution in [0.5, 0.6) is 0 Å². The molecule has 0 aromatic heterocycles. The molecular weight excluding hydrogens is 373 g/mol. The predicted molar refractivity (Wildman–Crippen MR) is 109 cm³/mol. The monoisotopic (exact) mass is 403 g/mol. The number of nitrogens with one attached hydrogen (secondary N) is 2. The van der Waals surface area contributed by atoms with E-state index in [9.17, 15) is 4.79 Å². The van der Waals surface area contributed by atoms with Crippen LogP contribution in [0.25, 0.3) is 0 Å². The summed E-state index contributed by atoms with van der Waals surface area (Å²) in [5.74, 6) is 0.0676. The largest absolute Gasteiger partial charge is 0.368 e. The maximum absolute atomic E-state index is 12.8. The minimum atomic E-state index is -0.646. The second kappa shape index (κ2) is 11.1. The Morgan fingerprint density at radius 3 is 2.62 bits per heavy atom. The average Bonchev–Trinajstić information content (AvgIpc) is 2.63. The molecule has 148 valence electrons. The first-order chi connectivity index (χ1) is 11.7. The lowest BCUT2D eigenvalue weighted by Gasteiger charge is -2.38. The highest BCUT2D eigenvalue weighted by Crippen LogP contribution is 2.23. The number of benzene rings is 1. The number of piperidine rings is 2. The van der Waals surface area contributed by atoms with Crippen LogP contribution in [0.3, 0.4) is 0 Å². The molecule has 1 atom stereocenters. The molecule has 2 aliphatic heterocycles. The van der Waals surface area contributed by atoms with Crippen molar-refractivity contribution in [3.05, 3.63) is 35.9 Å². The van der Waals surface area contributed by atoms with Gasteiger partial charge in [0.2, 0.25) is 0 Å². The molecule has 0 saturated carbocycles. The molecule has 1 unspecified atom stereocenters. The van der Waals surface area contributed by atoms with Crippen LogP contribution < -0.4 is 10.6 Å². The van der Waals surface area contributed by atoms with Gasteiger partial charge in [0.15, 0.2) is 0 Å². The zero-order valence-electron chi connectivity index (χ0n) is 15.4. The number of halogens is 2. The van der Waals surface area contributed by atoms with Crippen molar-refractivity contribution in [2.75, 3.05) is 33.3 Å². The highest BCUT2D eigenvalue weighted by atomic mass is 35.5. The normalized spacial score (nSPS) is 22.6. The number of carbonyl (C=O) groups excluding carboxylic acids is 1. The molecule has 0 bridgehead atoms. The highest BCUT2D eigenvalue weighted by molar-refractivity contribution is 5.86. The van der Waals surface area contributed by atoms with Gasteiger partial charge in [-0.3, -0.25) is 9.69 Å². The summed E-state index contributed by atoms with van der Waals surface area (Å²) in [7, 11) is 1.66. The van der Waals surface area contributed by atoms with Gasteiger partial charge >= 0.3 is 0 Å². The van der Waals surface area contributed by atoms with E-state index in [1.165, 1.54) is 5.56 Å². The molecule has 1 amide bonds. The van der Waals surface area contributed by atoms with Crippen molar-refractivity contribution in [2.45, 2.75) is 43.9 Å². The summed E-state index contributed by atoms with van der Waals surface area (Å²) in [5.41, 5.74) is 0.684. The number of rotatable bonds is 5. The van der Waals surface area contributed by atoms with Crippen LogP contribution in [0.4, 0.5) is 0 Å². The Morgan fingerprint density at radius 1 is 1.27 bits per heavy atom. The number of ether oxygens (including phenoxy) is 1. The van der Waals surface area contributed by atoms with Crippen LogP contribution in [0.2, 0.25) is 0 Å². The third-order valence-corrected chi connectivity index (χ3v) is 5.31. The summed E-state index contributed by atoms with van der Waals surface area (Å²) in [6.07, 6.45) is 3.67. The summed E-state index contributed by atoms with van der Waals surface area (Å²) in [4.78, 5) is 15.2. The van der Waals surface area contributed by atoms with Gasteiger partial charge in [-0.15, -0.1) is 24.8 Å². The molecule has 2 N–H and O–H groups in total. The van der Waals surface area contributed by atoms with Crippen molar-refractivity contribution >= 4 is 30.7 Å². The Hall–Kier alpha value is -0.850. The van der Waals surface area contributed by atoms with Gasteiger partial charge in [0, 0.05) is 26.2 Å². The Bertz CT molecular complexity index is 539. The summed E-state index contributed by atoms with van der Waals surface area (Å²) in [6, 6.07) is 10.8. The molecule has 0 aliphatic carbocycles. The molecule has 2 heterocycles. The minimum absolute atomic E-state index is 0. The third kappa shape index (κ3) is 5.83. The van der Waals surface area contributed by atoms with E-state index in [2.05, 4.69) is 39.8 Å². The fraction of sp³-hybridized carbons (Fsp3) is 0.632. The van der Waals surface area contributed by atoms with Crippen LogP contribution in [-0.2, 0) is 16.1 Å². The SMILES string of the molecule is COC1(C(=O)NC2CCCN(Cc3ccccc3)C2)CCNCC1.Cl.Cl. The molecular formula is C19H31Cl2N3O2. The third-order valence-electron chi connectivity index (χ3n) is 5.31. The zero-order valence-corrected chi connectivity index (χ0v) is 17.0. The number of methoxy groups -OCH3 is 1. The maximum Gasteiger partial charge on any atom is 0.252 e. The van der Waals surface area contributed by atoms with Crippen molar-refractivity contribution in [2.24, 2.45) is 0 Å². The topological polar surface area (TPSA) is 53.6 Å².